The third-order valence-electron chi connectivity index (χ3n) is 2.33. The van der Waals surface area contributed by atoms with E-state index < -0.39 is 6.04 Å². The van der Waals surface area contributed by atoms with Crippen molar-refractivity contribution in [2.45, 2.75) is 6.04 Å². The molecule has 0 bridgehead atoms. The maximum absolute atomic E-state index is 6.15. The Balaban J connectivity index is 2.54. The Bertz CT molecular complexity index is 516. The highest BCUT2D eigenvalue weighted by atomic mass is 35.5. The van der Waals surface area contributed by atoms with Crippen molar-refractivity contribution in [1.29, 1.82) is 0 Å². The summed E-state index contributed by atoms with van der Waals surface area (Å²) in [5, 5.41) is 3.64. The number of ether oxygens (including phenoxy) is 1. The second kappa shape index (κ2) is 5.23. The average molecular weight is 289 g/mol. The molecule has 6 heteroatoms. The minimum Gasteiger partial charge on any atom is -0.495 e. The van der Waals surface area contributed by atoms with Crippen LogP contribution in [0.2, 0.25) is 10.0 Å². The molecule has 0 aliphatic rings. The molecule has 0 aliphatic carbocycles. The van der Waals surface area contributed by atoms with E-state index in [4.69, 9.17) is 33.7 Å². The van der Waals surface area contributed by atoms with Crippen LogP contribution < -0.4 is 10.5 Å². The molecule has 1 unspecified atom stereocenters. The summed E-state index contributed by atoms with van der Waals surface area (Å²) < 4.78 is 5.26. The normalized spacial score (nSPS) is 12.5. The van der Waals surface area contributed by atoms with Gasteiger partial charge in [0.1, 0.15) is 10.8 Å². The number of benzene rings is 1. The largest absolute Gasteiger partial charge is 0.495 e. The molecule has 0 saturated carbocycles. The fourth-order valence-corrected chi connectivity index (χ4v) is 2.71. The lowest BCUT2D eigenvalue weighted by Gasteiger charge is -2.16. The van der Waals surface area contributed by atoms with Gasteiger partial charge in [0.25, 0.3) is 0 Å². The summed E-state index contributed by atoms with van der Waals surface area (Å²) in [4.78, 5) is 4.17. The highest BCUT2D eigenvalue weighted by Crippen LogP contribution is 2.39. The fourth-order valence-electron chi connectivity index (χ4n) is 1.56. The Hall–Kier alpha value is -0.810. The van der Waals surface area contributed by atoms with Crippen molar-refractivity contribution in [2.24, 2.45) is 5.73 Å². The Morgan fingerprint density at radius 2 is 2.06 bits per heavy atom. The van der Waals surface area contributed by atoms with Crippen LogP contribution in [0.4, 0.5) is 0 Å². The third kappa shape index (κ3) is 2.40. The first kappa shape index (κ1) is 12.6. The number of halogens is 2. The topological polar surface area (TPSA) is 48.1 Å². The lowest BCUT2D eigenvalue weighted by Crippen LogP contribution is -2.13. The summed E-state index contributed by atoms with van der Waals surface area (Å²) in [6.07, 6.45) is 1.70. The van der Waals surface area contributed by atoms with E-state index in [1.54, 1.807) is 18.3 Å². The van der Waals surface area contributed by atoms with Crippen molar-refractivity contribution >= 4 is 34.5 Å². The van der Waals surface area contributed by atoms with Gasteiger partial charge in [0, 0.05) is 22.2 Å². The van der Waals surface area contributed by atoms with Crippen LogP contribution in [-0.4, -0.2) is 12.1 Å². The molecular weight excluding hydrogens is 279 g/mol. The molecule has 1 aromatic carbocycles. The number of nitrogens with zero attached hydrogens (tertiary/aromatic N) is 1. The molecule has 2 aromatic rings. The zero-order valence-electron chi connectivity index (χ0n) is 8.98. The molecule has 0 fully saturated rings. The van der Waals surface area contributed by atoms with Crippen LogP contribution in [0.3, 0.4) is 0 Å². The van der Waals surface area contributed by atoms with Crippen LogP contribution in [-0.2, 0) is 0 Å². The van der Waals surface area contributed by atoms with Gasteiger partial charge in [0.15, 0.2) is 0 Å². The smallest absolute Gasteiger partial charge is 0.144 e. The van der Waals surface area contributed by atoms with Gasteiger partial charge in [-0.05, 0) is 12.1 Å². The van der Waals surface area contributed by atoms with Gasteiger partial charge in [-0.15, -0.1) is 11.3 Å². The second-order valence-corrected chi connectivity index (χ2v) is 5.06. The molecule has 1 atom stereocenters. The van der Waals surface area contributed by atoms with Gasteiger partial charge in [-0.25, -0.2) is 4.98 Å². The average Bonchev–Trinajstić information content (AvgIpc) is 2.84. The summed E-state index contributed by atoms with van der Waals surface area (Å²) in [5.41, 5.74) is 6.80. The van der Waals surface area contributed by atoms with Crippen LogP contribution in [0.15, 0.2) is 23.7 Å². The highest BCUT2D eigenvalue weighted by Gasteiger charge is 2.21. The van der Waals surface area contributed by atoms with E-state index in [-0.39, 0.29) is 0 Å². The molecule has 2 rings (SSSR count). The van der Waals surface area contributed by atoms with Crippen LogP contribution in [0, 0.1) is 0 Å². The lowest BCUT2D eigenvalue weighted by molar-refractivity contribution is 0.408. The molecule has 1 aromatic heterocycles. The minimum absolute atomic E-state index is 0.434. The number of hydrogen-bond acceptors (Lipinski definition) is 4. The van der Waals surface area contributed by atoms with Crippen LogP contribution in [0.25, 0.3) is 0 Å². The maximum atomic E-state index is 6.15. The molecule has 0 aliphatic heterocycles. The van der Waals surface area contributed by atoms with E-state index in [1.807, 2.05) is 5.38 Å². The molecule has 3 nitrogen and oxygen atoms in total. The van der Waals surface area contributed by atoms with Crippen molar-refractivity contribution in [2.75, 3.05) is 7.11 Å². The third-order valence-corrected chi connectivity index (χ3v) is 3.81. The highest BCUT2D eigenvalue weighted by molar-refractivity contribution is 7.09. The first-order chi connectivity index (χ1) is 8.15. The Kier molecular flexibility index (Phi) is 3.89. The van der Waals surface area contributed by atoms with Gasteiger partial charge in [-0.3, -0.25) is 0 Å². The number of rotatable bonds is 3. The number of aromatic nitrogens is 1. The van der Waals surface area contributed by atoms with Crippen molar-refractivity contribution in [1.82, 2.24) is 4.98 Å². The van der Waals surface area contributed by atoms with Gasteiger partial charge in [0.2, 0.25) is 0 Å². The van der Waals surface area contributed by atoms with Crippen molar-refractivity contribution in [3.8, 4) is 5.75 Å². The predicted octanol–water partition coefficient (Wildman–Crippen LogP) is 3.51. The van der Waals surface area contributed by atoms with Crippen molar-refractivity contribution in [3.05, 3.63) is 44.3 Å². The van der Waals surface area contributed by atoms with Crippen molar-refractivity contribution in [3.63, 3.8) is 0 Å². The summed E-state index contributed by atoms with van der Waals surface area (Å²) in [6, 6.07) is 2.95. The molecule has 0 saturated heterocycles. The Morgan fingerprint density at radius 1 is 1.35 bits per heavy atom. The monoisotopic (exact) mass is 288 g/mol. The summed E-state index contributed by atoms with van der Waals surface area (Å²) in [5.74, 6) is 0.502. The molecule has 1 heterocycles. The lowest BCUT2D eigenvalue weighted by atomic mass is 10.1. The Morgan fingerprint density at radius 3 is 2.65 bits per heavy atom. The predicted molar refractivity (Wildman–Crippen MR) is 71.2 cm³/mol. The quantitative estimate of drug-likeness (QED) is 0.940. The molecule has 2 N–H and O–H groups in total. The van der Waals surface area contributed by atoms with E-state index >= 15 is 0 Å². The molecule has 90 valence electrons. The number of hydrogen-bond donors (Lipinski definition) is 1. The second-order valence-electron chi connectivity index (χ2n) is 3.32. The number of nitrogens with two attached hydrogens (primary N) is 1. The van der Waals surface area contributed by atoms with E-state index in [0.29, 0.717) is 21.4 Å². The summed E-state index contributed by atoms with van der Waals surface area (Å²) >= 11 is 13.7. The number of methoxy groups -OCH3 is 1. The molecule has 0 radical (unpaired) electrons. The van der Waals surface area contributed by atoms with Gasteiger partial charge in [0.05, 0.1) is 18.2 Å². The van der Waals surface area contributed by atoms with Gasteiger partial charge >= 0.3 is 0 Å². The van der Waals surface area contributed by atoms with Gasteiger partial charge < -0.3 is 10.5 Å². The first-order valence-corrected chi connectivity index (χ1v) is 6.45. The molecule has 17 heavy (non-hydrogen) atoms. The van der Waals surface area contributed by atoms with Crippen molar-refractivity contribution < 1.29 is 4.74 Å². The Labute approximate surface area is 113 Å². The van der Waals surface area contributed by atoms with E-state index in [9.17, 15) is 0 Å². The maximum Gasteiger partial charge on any atom is 0.144 e. The van der Waals surface area contributed by atoms with Crippen LogP contribution >= 0.6 is 34.5 Å². The van der Waals surface area contributed by atoms with E-state index in [1.165, 1.54) is 18.4 Å². The van der Waals surface area contributed by atoms with Crippen LogP contribution in [0.1, 0.15) is 16.6 Å². The standard InChI is InChI=1S/C11H10Cl2N2OS/c1-16-10-7(13)3-2-6(12)8(10)9(14)11-15-4-5-17-11/h2-5,9H,14H2,1H3. The molecular formula is C11H10Cl2N2OS. The summed E-state index contributed by atoms with van der Waals surface area (Å²) in [6.45, 7) is 0. The van der Waals surface area contributed by atoms with Gasteiger partial charge in [-0.1, -0.05) is 23.2 Å². The minimum atomic E-state index is -0.434. The zero-order chi connectivity index (χ0) is 12.4. The van der Waals surface area contributed by atoms with E-state index in [0.717, 1.165) is 5.01 Å². The van der Waals surface area contributed by atoms with Crippen LogP contribution in [0.5, 0.6) is 5.75 Å². The fraction of sp³-hybridized carbons (Fsp3) is 0.182. The van der Waals surface area contributed by atoms with E-state index in [2.05, 4.69) is 4.98 Å². The zero-order valence-corrected chi connectivity index (χ0v) is 11.3. The number of thiazole rings is 1. The van der Waals surface area contributed by atoms with Gasteiger partial charge in [-0.2, -0.15) is 0 Å². The first-order valence-electron chi connectivity index (χ1n) is 4.82. The molecule has 0 spiro atoms. The SMILES string of the molecule is COc1c(Cl)ccc(Cl)c1C(N)c1nccs1. The molecule has 0 amide bonds. The summed E-state index contributed by atoms with van der Waals surface area (Å²) in [7, 11) is 1.54.